The van der Waals surface area contributed by atoms with Gasteiger partial charge in [-0.3, -0.25) is 0 Å². The zero-order valence-corrected chi connectivity index (χ0v) is 10.00. The molecule has 0 saturated carbocycles. The lowest BCUT2D eigenvalue weighted by molar-refractivity contribution is 0.621. The molecule has 2 aromatic rings. The Morgan fingerprint density at radius 2 is 2.00 bits per heavy atom. The second kappa shape index (κ2) is 4.95. The van der Waals surface area contributed by atoms with E-state index in [9.17, 15) is 4.39 Å². The molecule has 0 unspecified atom stereocenters. The number of nitrogens with one attached hydrogen (secondary N) is 1. The van der Waals surface area contributed by atoms with Gasteiger partial charge in [0.1, 0.15) is 11.6 Å². The smallest absolute Gasteiger partial charge is 0.141 e. The Kier molecular flexibility index (Phi) is 3.38. The molecule has 1 N–H and O–H groups in total. The zero-order valence-electron chi connectivity index (χ0n) is 10.00. The van der Waals surface area contributed by atoms with Gasteiger partial charge in [-0.15, -0.1) is 0 Å². The van der Waals surface area contributed by atoms with E-state index in [2.05, 4.69) is 42.3 Å². The lowest BCUT2D eigenvalue weighted by Gasteiger charge is -2.09. The number of halogens is 1. The van der Waals surface area contributed by atoms with Gasteiger partial charge in [0.2, 0.25) is 0 Å². The van der Waals surface area contributed by atoms with Crippen LogP contribution < -0.4 is 5.32 Å². The fourth-order valence-electron chi connectivity index (χ4n) is 1.71. The Morgan fingerprint density at radius 1 is 1.18 bits per heavy atom. The molecule has 0 aliphatic carbocycles. The zero-order chi connectivity index (χ0) is 12.3. The minimum atomic E-state index is -0.318. The van der Waals surface area contributed by atoms with E-state index in [4.69, 9.17) is 0 Å². The van der Waals surface area contributed by atoms with Crippen LogP contribution in [-0.4, -0.2) is 4.98 Å². The molecule has 0 fully saturated rings. The van der Waals surface area contributed by atoms with E-state index in [0.29, 0.717) is 12.4 Å². The second-order valence-corrected chi connectivity index (χ2v) is 4.15. The number of nitrogens with zero attached hydrogens (tertiary/aromatic N) is 1. The number of pyridine rings is 1. The molecule has 0 bridgehead atoms. The highest BCUT2D eigenvalue weighted by atomic mass is 19.1. The van der Waals surface area contributed by atoms with Crippen LogP contribution in [0.15, 0.2) is 36.5 Å². The van der Waals surface area contributed by atoms with Gasteiger partial charge in [0, 0.05) is 6.54 Å². The fourth-order valence-corrected chi connectivity index (χ4v) is 1.71. The lowest BCUT2D eigenvalue weighted by Crippen LogP contribution is -2.03. The van der Waals surface area contributed by atoms with E-state index in [-0.39, 0.29) is 5.82 Å². The third-order valence-corrected chi connectivity index (χ3v) is 2.69. The van der Waals surface area contributed by atoms with E-state index in [1.165, 1.54) is 29.0 Å². The van der Waals surface area contributed by atoms with Crippen LogP contribution in [0.3, 0.4) is 0 Å². The summed E-state index contributed by atoms with van der Waals surface area (Å²) in [4.78, 5) is 3.95. The Morgan fingerprint density at radius 3 is 2.65 bits per heavy atom. The number of hydrogen-bond acceptors (Lipinski definition) is 2. The van der Waals surface area contributed by atoms with Gasteiger partial charge >= 0.3 is 0 Å². The summed E-state index contributed by atoms with van der Waals surface area (Å²) < 4.78 is 12.7. The number of hydrogen-bond donors (Lipinski definition) is 1. The maximum absolute atomic E-state index is 12.7. The van der Waals surface area contributed by atoms with Crippen LogP contribution in [0.2, 0.25) is 0 Å². The Labute approximate surface area is 101 Å². The largest absolute Gasteiger partial charge is 0.366 e. The van der Waals surface area contributed by atoms with Crippen molar-refractivity contribution in [2.24, 2.45) is 0 Å². The van der Waals surface area contributed by atoms with Crippen LogP contribution in [0.1, 0.15) is 16.7 Å². The summed E-state index contributed by atoms with van der Waals surface area (Å²) in [5.74, 6) is 0.369. The molecular weight excluding hydrogens is 215 g/mol. The van der Waals surface area contributed by atoms with Crippen molar-refractivity contribution in [2.45, 2.75) is 20.4 Å². The second-order valence-electron chi connectivity index (χ2n) is 4.15. The quantitative estimate of drug-likeness (QED) is 0.873. The van der Waals surface area contributed by atoms with E-state index >= 15 is 0 Å². The number of rotatable bonds is 3. The van der Waals surface area contributed by atoms with Crippen molar-refractivity contribution in [3.8, 4) is 0 Å². The van der Waals surface area contributed by atoms with Crippen molar-refractivity contribution in [2.75, 3.05) is 5.32 Å². The first-order valence-corrected chi connectivity index (χ1v) is 5.57. The molecule has 0 amide bonds. The third-order valence-electron chi connectivity index (χ3n) is 2.69. The van der Waals surface area contributed by atoms with Crippen LogP contribution in [0.25, 0.3) is 0 Å². The fraction of sp³-hybridized carbons (Fsp3) is 0.214. The summed E-state index contributed by atoms with van der Waals surface area (Å²) in [5, 5.41) is 3.17. The maximum atomic E-state index is 12.7. The summed E-state index contributed by atoms with van der Waals surface area (Å²) in [6.07, 6.45) is 1.21. The lowest BCUT2D eigenvalue weighted by atomic mass is 10.1. The third kappa shape index (κ3) is 3.03. The SMILES string of the molecule is Cc1ccc(CNc2ccc(F)cn2)c(C)c1. The summed E-state index contributed by atoms with van der Waals surface area (Å²) in [6.45, 7) is 4.86. The summed E-state index contributed by atoms with van der Waals surface area (Å²) in [5.41, 5.74) is 3.73. The van der Waals surface area contributed by atoms with Gasteiger partial charge in [-0.05, 0) is 37.1 Å². The standard InChI is InChI=1S/C14H15FN2/c1-10-3-4-12(11(2)7-10)8-16-14-6-5-13(15)9-17-14/h3-7,9H,8H2,1-2H3,(H,16,17). The summed E-state index contributed by atoms with van der Waals surface area (Å²) in [6, 6.07) is 9.37. The molecule has 88 valence electrons. The van der Waals surface area contributed by atoms with Crippen molar-refractivity contribution < 1.29 is 4.39 Å². The van der Waals surface area contributed by atoms with Crippen molar-refractivity contribution in [3.05, 3.63) is 59.0 Å². The van der Waals surface area contributed by atoms with Crippen molar-refractivity contribution in [3.63, 3.8) is 0 Å². The average Bonchev–Trinajstić information content (AvgIpc) is 2.30. The van der Waals surface area contributed by atoms with E-state index < -0.39 is 0 Å². The van der Waals surface area contributed by atoms with Crippen LogP contribution in [0.5, 0.6) is 0 Å². The average molecular weight is 230 g/mol. The molecule has 0 saturated heterocycles. The molecule has 1 heterocycles. The molecule has 1 aromatic carbocycles. The Balaban J connectivity index is 2.04. The van der Waals surface area contributed by atoms with Crippen molar-refractivity contribution >= 4 is 5.82 Å². The molecule has 0 radical (unpaired) electrons. The summed E-state index contributed by atoms with van der Waals surface area (Å²) in [7, 11) is 0. The first kappa shape index (κ1) is 11.6. The van der Waals surface area contributed by atoms with Gasteiger partial charge in [-0.2, -0.15) is 0 Å². The predicted octanol–water partition coefficient (Wildman–Crippen LogP) is 3.45. The highest BCUT2D eigenvalue weighted by molar-refractivity contribution is 5.37. The van der Waals surface area contributed by atoms with Gasteiger partial charge in [-0.1, -0.05) is 23.8 Å². The van der Waals surface area contributed by atoms with E-state index in [1.807, 2.05) is 0 Å². The highest BCUT2D eigenvalue weighted by Gasteiger charge is 1.99. The molecule has 0 spiro atoms. The molecule has 1 aromatic heterocycles. The minimum Gasteiger partial charge on any atom is -0.366 e. The first-order chi connectivity index (χ1) is 8.15. The summed E-state index contributed by atoms with van der Waals surface area (Å²) >= 11 is 0. The van der Waals surface area contributed by atoms with Crippen molar-refractivity contribution in [1.29, 1.82) is 0 Å². The normalized spacial score (nSPS) is 10.3. The van der Waals surface area contributed by atoms with Crippen molar-refractivity contribution in [1.82, 2.24) is 4.98 Å². The minimum absolute atomic E-state index is 0.318. The van der Waals surface area contributed by atoms with Gasteiger partial charge in [0.25, 0.3) is 0 Å². The Hall–Kier alpha value is -1.90. The van der Waals surface area contributed by atoms with Gasteiger partial charge in [0.15, 0.2) is 0 Å². The van der Waals surface area contributed by atoms with Crippen LogP contribution >= 0.6 is 0 Å². The van der Waals surface area contributed by atoms with Gasteiger partial charge in [-0.25, -0.2) is 9.37 Å². The first-order valence-electron chi connectivity index (χ1n) is 5.57. The molecule has 2 rings (SSSR count). The topological polar surface area (TPSA) is 24.9 Å². The maximum Gasteiger partial charge on any atom is 0.141 e. The predicted molar refractivity (Wildman–Crippen MR) is 67.4 cm³/mol. The van der Waals surface area contributed by atoms with Crippen LogP contribution in [-0.2, 0) is 6.54 Å². The van der Waals surface area contributed by atoms with Crippen LogP contribution in [0, 0.1) is 19.7 Å². The highest BCUT2D eigenvalue weighted by Crippen LogP contribution is 2.12. The van der Waals surface area contributed by atoms with Gasteiger partial charge < -0.3 is 5.32 Å². The number of aryl methyl sites for hydroxylation is 2. The van der Waals surface area contributed by atoms with E-state index in [0.717, 1.165) is 0 Å². The van der Waals surface area contributed by atoms with Crippen LogP contribution in [0.4, 0.5) is 10.2 Å². The Bertz CT molecular complexity index is 506. The molecule has 3 heteroatoms. The molecular formula is C14H15FN2. The molecule has 0 atom stereocenters. The van der Waals surface area contributed by atoms with Gasteiger partial charge in [0.05, 0.1) is 6.20 Å². The monoisotopic (exact) mass is 230 g/mol. The molecule has 0 aliphatic heterocycles. The van der Waals surface area contributed by atoms with E-state index in [1.54, 1.807) is 6.07 Å². The molecule has 17 heavy (non-hydrogen) atoms. The molecule has 0 aliphatic rings. The molecule has 2 nitrogen and oxygen atoms in total. The number of benzene rings is 1. The number of anilines is 1. The number of aromatic nitrogens is 1.